The van der Waals surface area contributed by atoms with E-state index < -0.39 is 0 Å². The van der Waals surface area contributed by atoms with Gasteiger partial charge in [-0.05, 0) is 31.7 Å². The Morgan fingerprint density at radius 1 is 1.33 bits per heavy atom. The van der Waals surface area contributed by atoms with Gasteiger partial charge in [0.05, 0.1) is 5.75 Å². The van der Waals surface area contributed by atoms with Gasteiger partial charge in [0.1, 0.15) is 0 Å². The fourth-order valence-electron chi connectivity index (χ4n) is 3.02. The molecular formula is C20H26N4OS2. The number of hydrogen-bond donors (Lipinski definition) is 2. The van der Waals surface area contributed by atoms with E-state index in [2.05, 4.69) is 34.3 Å². The number of ketones is 1. The van der Waals surface area contributed by atoms with Gasteiger partial charge in [0.25, 0.3) is 0 Å². The van der Waals surface area contributed by atoms with Crippen LogP contribution in [0.15, 0.2) is 28.6 Å². The van der Waals surface area contributed by atoms with E-state index >= 15 is 0 Å². The van der Waals surface area contributed by atoms with Gasteiger partial charge in [-0.3, -0.25) is 4.79 Å². The predicted octanol–water partition coefficient (Wildman–Crippen LogP) is 5.54. The number of carbonyl (C=O) groups is 1. The van der Waals surface area contributed by atoms with E-state index in [1.807, 2.05) is 31.2 Å². The summed E-state index contributed by atoms with van der Waals surface area (Å²) in [4.78, 5) is 16.0. The highest BCUT2D eigenvalue weighted by Gasteiger charge is 2.17. The van der Waals surface area contributed by atoms with Gasteiger partial charge in [0.15, 0.2) is 10.1 Å². The van der Waals surface area contributed by atoms with Crippen molar-refractivity contribution in [2.45, 2.75) is 44.4 Å². The first-order chi connectivity index (χ1) is 13.1. The summed E-state index contributed by atoms with van der Waals surface area (Å²) < 4.78 is 0.824. The van der Waals surface area contributed by atoms with Crippen molar-refractivity contribution in [1.29, 1.82) is 0 Å². The average molecular weight is 403 g/mol. The Kier molecular flexibility index (Phi) is 6.90. The molecular weight excluding hydrogens is 376 g/mol. The van der Waals surface area contributed by atoms with Gasteiger partial charge in [-0.25, -0.2) is 0 Å². The van der Waals surface area contributed by atoms with Crippen molar-refractivity contribution >= 4 is 44.9 Å². The maximum Gasteiger partial charge on any atom is 0.206 e. The summed E-state index contributed by atoms with van der Waals surface area (Å²) in [5.41, 5.74) is 2.71. The number of aromatic amines is 1. The third kappa shape index (κ3) is 5.11. The summed E-state index contributed by atoms with van der Waals surface area (Å²) in [5, 5.41) is 13.5. The second kappa shape index (κ2) is 9.37. The molecule has 0 spiro atoms. The molecule has 0 saturated carbocycles. The van der Waals surface area contributed by atoms with E-state index in [9.17, 15) is 4.79 Å². The van der Waals surface area contributed by atoms with Crippen LogP contribution in [0.2, 0.25) is 0 Å². The smallest absolute Gasteiger partial charge is 0.206 e. The molecule has 0 aliphatic carbocycles. The predicted molar refractivity (Wildman–Crippen MR) is 115 cm³/mol. The minimum Gasteiger partial charge on any atom is -0.360 e. The maximum absolute atomic E-state index is 12.7. The number of Topliss-reactive ketones (excluding diaryl/α,β-unsaturated/α-hetero) is 1. The van der Waals surface area contributed by atoms with Crippen LogP contribution in [-0.2, 0) is 0 Å². The largest absolute Gasteiger partial charge is 0.360 e. The van der Waals surface area contributed by atoms with Crippen LogP contribution >= 0.6 is 23.1 Å². The number of fused-ring (bicyclic) bond motifs is 1. The molecule has 0 bridgehead atoms. The zero-order valence-electron chi connectivity index (χ0n) is 16.0. The fraction of sp³-hybridized carbons (Fsp3) is 0.450. The molecule has 27 heavy (non-hydrogen) atoms. The van der Waals surface area contributed by atoms with Gasteiger partial charge < -0.3 is 10.3 Å². The van der Waals surface area contributed by atoms with Crippen molar-refractivity contribution in [3.8, 4) is 0 Å². The number of benzene rings is 1. The quantitative estimate of drug-likeness (QED) is 0.265. The molecule has 0 saturated heterocycles. The summed E-state index contributed by atoms with van der Waals surface area (Å²) in [6.45, 7) is 7.37. The molecule has 0 amide bonds. The number of nitrogens with zero attached hydrogens (tertiary/aromatic N) is 2. The number of anilines is 1. The normalized spacial score (nSPS) is 12.4. The molecule has 1 atom stereocenters. The molecule has 2 heterocycles. The molecule has 144 valence electrons. The van der Waals surface area contributed by atoms with E-state index in [0.29, 0.717) is 5.75 Å². The molecule has 7 heteroatoms. The zero-order chi connectivity index (χ0) is 19.2. The Balaban J connectivity index is 1.52. The first-order valence-corrected chi connectivity index (χ1v) is 11.2. The summed E-state index contributed by atoms with van der Waals surface area (Å²) in [6.07, 6.45) is 3.58. The third-order valence-electron chi connectivity index (χ3n) is 4.75. The van der Waals surface area contributed by atoms with Gasteiger partial charge in [-0.15, -0.1) is 10.2 Å². The Morgan fingerprint density at radius 2 is 2.15 bits per heavy atom. The van der Waals surface area contributed by atoms with Crippen LogP contribution in [0.4, 0.5) is 5.13 Å². The topological polar surface area (TPSA) is 70.7 Å². The van der Waals surface area contributed by atoms with Crippen molar-refractivity contribution in [3.63, 3.8) is 0 Å². The highest BCUT2D eigenvalue weighted by Crippen LogP contribution is 2.28. The summed E-state index contributed by atoms with van der Waals surface area (Å²) in [5.74, 6) is 1.25. The van der Waals surface area contributed by atoms with Crippen LogP contribution in [0.3, 0.4) is 0 Å². The summed E-state index contributed by atoms with van der Waals surface area (Å²) >= 11 is 2.97. The molecule has 0 aliphatic rings. The fourth-order valence-corrected chi connectivity index (χ4v) is 4.67. The molecule has 2 aromatic heterocycles. The number of aromatic nitrogens is 3. The number of aryl methyl sites for hydroxylation is 1. The van der Waals surface area contributed by atoms with Crippen molar-refractivity contribution in [2.75, 3.05) is 17.6 Å². The average Bonchev–Trinajstić information content (AvgIpc) is 3.26. The lowest BCUT2D eigenvalue weighted by Crippen LogP contribution is -2.03. The number of carbonyl (C=O) groups excluding carboxylic acids is 1. The second-order valence-corrected chi connectivity index (χ2v) is 9.04. The van der Waals surface area contributed by atoms with E-state index in [1.54, 1.807) is 0 Å². The highest BCUT2D eigenvalue weighted by molar-refractivity contribution is 8.01. The van der Waals surface area contributed by atoms with Gasteiger partial charge >= 0.3 is 0 Å². The van der Waals surface area contributed by atoms with E-state index in [1.165, 1.54) is 35.9 Å². The monoisotopic (exact) mass is 402 g/mol. The van der Waals surface area contributed by atoms with Crippen molar-refractivity contribution in [3.05, 3.63) is 35.5 Å². The number of nitrogens with one attached hydrogen (secondary N) is 2. The lowest BCUT2D eigenvalue weighted by atomic mass is 10.0. The molecule has 5 nitrogen and oxygen atoms in total. The molecule has 1 aromatic carbocycles. The maximum atomic E-state index is 12.7. The Hall–Kier alpha value is -1.86. The highest BCUT2D eigenvalue weighted by atomic mass is 32.2. The molecule has 0 radical (unpaired) electrons. The Labute approximate surface area is 168 Å². The molecule has 3 rings (SSSR count). The molecule has 0 unspecified atom stereocenters. The molecule has 0 fully saturated rings. The lowest BCUT2D eigenvalue weighted by Gasteiger charge is -2.07. The summed E-state index contributed by atoms with van der Waals surface area (Å²) in [6, 6.07) is 7.92. The van der Waals surface area contributed by atoms with Crippen LogP contribution < -0.4 is 5.32 Å². The van der Waals surface area contributed by atoms with Gasteiger partial charge in [-0.2, -0.15) is 0 Å². The van der Waals surface area contributed by atoms with Crippen molar-refractivity contribution in [2.24, 2.45) is 5.92 Å². The minimum absolute atomic E-state index is 0.119. The van der Waals surface area contributed by atoms with E-state index in [4.69, 9.17) is 0 Å². The number of thioether (sulfide) groups is 1. The molecule has 0 aliphatic heterocycles. The Bertz CT molecular complexity index is 902. The van der Waals surface area contributed by atoms with E-state index in [-0.39, 0.29) is 5.78 Å². The number of para-hydroxylation sites is 1. The first kappa shape index (κ1) is 19.9. The molecule has 3 aromatic rings. The first-order valence-electron chi connectivity index (χ1n) is 9.39. The summed E-state index contributed by atoms with van der Waals surface area (Å²) in [7, 11) is 0. The number of hydrogen-bond acceptors (Lipinski definition) is 6. The van der Waals surface area contributed by atoms with Gasteiger partial charge in [-0.1, -0.05) is 61.6 Å². The Morgan fingerprint density at radius 3 is 2.96 bits per heavy atom. The molecule has 2 N–H and O–H groups in total. The second-order valence-electron chi connectivity index (χ2n) is 6.84. The van der Waals surface area contributed by atoms with Gasteiger partial charge in [0, 0.05) is 28.7 Å². The van der Waals surface area contributed by atoms with Gasteiger partial charge in [0.2, 0.25) is 5.13 Å². The SMILES string of the molecule is CC[C@@H](C)CCCNc1nnc(SCC(=O)c2c(C)[nH]c3ccccc23)s1. The van der Waals surface area contributed by atoms with Crippen LogP contribution in [0.1, 0.15) is 49.2 Å². The zero-order valence-corrected chi connectivity index (χ0v) is 17.7. The van der Waals surface area contributed by atoms with E-state index in [0.717, 1.165) is 50.5 Å². The van der Waals surface area contributed by atoms with Crippen LogP contribution in [-0.4, -0.2) is 33.3 Å². The van der Waals surface area contributed by atoms with Crippen LogP contribution in [0.5, 0.6) is 0 Å². The standard InChI is InChI=1S/C20H26N4OS2/c1-4-13(2)8-7-11-21-19-23-24-20(27-19)26-12-17(25)18-14(3)22-16-10-6-5-9-15(16)18/h5-6,9-10,13,22H,4,7-8,11-12H2,1-3H3,(H,21,23)/t13-/m1/s1. The number of H-pyrrole nitrogens is 1. The minimum atomic E-state index is 0.119. The third-order valence-corrected chi connectivity index (χ3v) is 6.77. The number of rotatable bonds is 10. The van der Waals surface area contributed by atoms with Crippen LogP contribution in [0.25, 0.3) is 10.9 Å². The van der Waals surface area contributed by atoms with Crippen molar-refractivity contribution in [1.82, 2.24) is 15.2 Å². The van der Waals surface area contributed by atoms with Crippen molar-refractivity contribution < 1.29 is 4.79 Å². The lowest BCUT2D eigenvalue weighted by molar-refractivity contribution is 0.102. The van der Waals surface area contributed by atoms with Crippen LogP contribution in [0, 0.1) is 12.8 Å².